The van der Waals surface area contributed by atoms with E-state index in [0.29, 0.717) is 5.56 Å². The van der Waals surface area contributed by atoms with E-state index in [1.807, 2.05) is 0 Å². The van der Waals surface area contributed by atoms with E-state index in [-0.39, 0.29) is 34.5 Å². The number of anilines is 1. The predicted molar refractivity (Wildman–Crippen MR) is 102 cm³/mol. The predicted octanol–water partition coefficient (Wildman–Crippen LogP) is 2.12. The highest BCUT2D eigenvalue weighted by Crippen LogP contribution is 2.14. The van der Waals surface area contributed by atoms with Gasteiger partial charge in [-0.25, -0.2) is 13.2 Å². The number of carbonyl (C=O) groups excluding carboxylic acids is 2. The van der Waals surface area contributed by atoms with Crippen molar-refractivity contribution in [3.05, 3.63) is 71.6 Å². The number of rotatable bonds is 7. The summed E-state index contributed by atoms with van der Waals surface area (Å²) in [4.78, 5) is 23.8. The number of amides is 1. The van der Waals surface area contributed by atoms with Crippen LogP contribution in [0.2, 0.25) is 0 Å². The summed E-state index contributed by atoms with van der Waals surface area (Å²) < 4.78 is 34.4. The molecule has 1 amide bonds. The Hall–Kier alpha value is -3.53. The molecule has 1 N–H and O–H groups in total. The molecular formula is C19H17N3O6S. The fraction of sp³-hybridized carbons (Fsp3) is 0.158. The quantitative estimate of drug-likeness (QED) is 0.581. The van der Waals surface area contributed by atoms with Gasteiger partial charge in [-0.2, -0.15) is 0 Å². The Balaban J connectivity index is 1.60. The third-order valence-corrected chi connectivity index (χ3v) is 5.67. The number of sulfone groups is 1. The number of nitrogens with zero attached hydrogens (tertiary/aromatic N) is 2. The highest BCUT2D eigenvalue weighted by atomic mass is 32.2. The average Bonchev–Trinajstić information content (AvgIpc) is 3.20. The smallest absolute Gasteiger partial charge is 0.337 e. The van der Waals surface area contributed by atoms with E-state index in [1.165, 1.54) is 43.5 Å². The number of hydrogen-bond donors (Lipinski definition) is 1. The number of nitrogens with one attached hydrogen (secondary N) is 1. The Morgan fingerprint density at radius 3 is 2.31 bits per heavy atom. The molecule has 1 heterocycles. The minimum atomic E-state index is -3.48. The molecule has 0 spiro atoms. The van der Waals surface area contributed by atoms with E-state index in [4.69, 9.17) is 4.42 Å². The summed E-state index contributed by atoms with van der Waals surface area (Å²) in [6.45, 7) is 0. The summed E-state index contributed by atoms with van der Waals surface area (Å²) in [5, 5.41) is 9.87. The second kappa shape index (κ2) is 8.65. The third kappa shape index (κ3) is 5.05. The van der Waals surface area contributed by atoms with E-state index < -0.39 is 21.7 Å². The lowest BCUT2D eigenvalue weighted by atomic mass is 10.1. The summed E-state index contributed by atoms with van der Waals surface area (Å²) in [7, 11) is -2.22. The first-order valence-corrected chi connectivity index (χ1v) is 10.1. The van der Waals surface area contributed by atoms with Crippen molar-refractivity contribution in [2.75, 3.05) is 18.2 Å². The molecule has 0 radical (unpaired) electrons. The number of ether oxygens (including phenoxy) is 1. The lowest BCUT2D eigenvalue weighted by Gasteiger charge is -2.03. The number of carbonyl (C=O) groups is 2. The van der Waals surface area contributed by atoms with Gasteiger partial charge in [-0.15, -0.1) is 5.10 Å². The van der Waals surface area contributed by atoms with Crippen molar-refractivity contribution in [1.29, 1.82) is 0 Å². The molecule has 3 rings (SSSR count). The van der Waals surface area contributed by atoms with Gasteiger partial charge in [0.25, 0.3) is 5.91 Å². The van der Waals surface area contributed by atoms with Crippen molar-refractivity contribution in [3.8, 4) is 0 Å². The van der Waals surface area contributed by atoms with Crippen LogP contribution in [-0.4, -0.2) is 43.4 Å². The van der Waals surface area contributed by atoms with E-state index in [2.05, 4.69) is 20.3 Å². The van der Waals surface area contributed by atoms with Gasteiger partial charge in [-0.3, -0.25) is 10.1 Å². The molecule has 0 fully saturated rings. The Morgan fingerprint density at radius 1 is 1.00 bits per heavy atom. The van der Waals surface area contributed by atoms with Gasteiger partial charge in [-0.05, 0) is 36.4 Å². The van der Waals surface area contributed by atoms with Crippen molar-refractivity contribution in [2.45, 2.75) is 11.3 Å². The van der Waals surface area contributed by atoms with Crippen LogP contribution in [0.4, 0.5) is 6.01 Å². The van der Waals surface area contributed by atoms with Gasteiger partial charge in [0.15, 0.2) is 9.84 Å². The number of esters is 1. The van der Waals surface area contributed by atoms with Crippen LogP contribution in [0.3, 0.4) is 0 Å². The minimum absolute atomic E-state index is 0.00786. The van der Waals surface area contributed by atoms with E-state index in [1.54, 1.807) is 18.2 Å². The summed E-state index contributed by atoms with van der Waals surface area (Å²) in [6.07, 6.45) is 0.00786. The molecular weight excluding hydrogens is 398 g/mol. The molecule has 0 aliphatic heterocycles. The van der Waals surface area contributed by atoms with Gasteiger partial charge >= 0.3 is 12.0 Å². The molecule has 1 aromatic heterocycles. The van der Waals surface area contributed by atoms with E-state index >= 15 is 0 Å². The topological polar surface area (TPSA) is 128 Å². The monoisotopic (exact) mass is 415 g/mol. The molecule has 29 heavy (non-hydrogen) atoms. The highest BCUT2D eigenvalue weighted by molar-refractivity contribution is 7.91. The molecule has 0 aliphatic carbocycles. The zero-order chi connectivity index (χ0) is 20.9. The molecule has 0 saturated carbocycles. The number of aryl methyl sites for hydroxylation is 1. The number of benzene rings is 2. The van der Waals surface area contributed by atoms with Gasteiger partial charge in [0.1, 0.15) is 0 Å². The molecule has 9 nitrogen and oxygen atoms in total. The van der Waals surface area contributed by atoms with Crippen LogP contribution >= 0.6 is 0 Å². The second-order valence-electron chi connectivity index (χ2n) is 5.91. The molecule has 150 valence electrons. The van der Waals surface area contributed by atoms with Crippen LogP contribution in [0, 0.1) is 0 Å². The Kier molecular flexibility index (Phi) is 6.03. The summed E-state index contributed by atoms with van der Waals surface area (Å²) >= 11 is 0. The minimum Gasteiger partial charge on any atom is -0.465 e. The van der Waals surface area contributed by atoms with Crippen LogP contribution in [0.1, 0.15) is 26.6 Å². The van der Waals surface area contributed by atoms with Crippen LogP contribution < -0.4 is 5.32 Å². The Bertz CT molecular complexity index is 1110. The Morgan fingerprint density at radius 2 is 1.66 bits per heavy atom. The SMILES string of the molecule is COC(=O)c1ccc(C(=O)Nc2nnc(CCS(=O)(=O)c3ccccc3)o2)cc1. The standard InChI is InChI=1S/C19H17N3O6S/c1-27-18(24)14-9-7-13(8-10-14)17(23)20-19-22-21-16(28-19)11-12-29(25,26)15-5-3-2-4-6-15/h2-10H,11-12H2,1H3,(H,20,22,23). The second-order valence-corrected chi connectivity index (χ2v) is 8.02. The molecule has 2 aromatic carbocycles. The first-order valence-electron chi connectivity index (χ1n) is 8.49. The Labute approximate surface area is 166 Å². The number of aromatic nitrogens is 2. The molecule has 0 atom stereocenters. The van der Waals surface area contributed by atoms with Crippen LogP contribution in [0.15, 0.2) is 63.9 Å². The summed E-state index contributed by atoms with van der Waals surface area (Å²) in [6, 6.07) is 13.7. The third-order valence-electron chi connectivity index (χ3n) is 3.94. The lowest BCUT2D eigenvalue weighted by Crippen LogP contribution is -2.12. The fourth-order valence-corrected chi connectivity index (χ4v) is 3.67. The van der Waals surface area contributed by atoms with E-state index in [9.17, 15) is 18.0 Å². The zero-order valence-corrected chi connectivity index (χ0v) is 16.2. The van der Waals surface area contributed by atoms with Crippen LogP contribution in [-0.2, 0) is 21.0 Å². The van der Waals surface area contributed by atoms with Crippen molar-refractivity contribution < 1.29 is 27.2 Å². The average molecular weight is 415 g/mol. The van der Waals surface area contributed by atoms with Gasteiger partial charge < -0.3 is 9.15 Å². The fourth-order valence-electron chi connectivity index (χ4n) is 2.42. The highest BCUT2D eigenvalue weighted by Gasteiger charge is 2.17. The summed E-state index contributed by atoms with van der Waals surface area (Å²) in [5.41, 5.74) is 0.577. The van der Waals surface area contributed by atoms with Crippen molar-refractivity contribution in [1.82, 2.24) is 10.2 Å². The first kappa shape index (κ1) is 20.2. The molecule has 10 heteroatoms. The first-order chi connectivity index (χ1) is 13.9. The van der Waals surface area contributed by atoms with Crippen LogP contribution in [0.25, 0.3) is 0 Å². The van der Waals surface area contributed by atoms with Crippen molar-refractivity contribution >= 4 is 27.7 Å². The van der Waals surface area contributed by atoms with Gasteiger partial charge in [0, 0.05) is 12.0 Å². The maximum Gasteiger partial charge on any atom is 0.337 e. The van der Waals surface area contributed by atoms with Gasteiger partial charge in [0.05, 0.1) is 23.3 Å². The zero-order valence-electron chi connectivity index (χ0n) is 15.4. The lowest BCUT2D eigenvalue weighted by molar-refractivity contribution is 0.0600. The maximum atomic E-state index is 12.3. The number of hydrogen-bond acceptors (Lipinski definition) is 8. The molecule has 3 aromatic rings. The largest absolute Gasteiger partial charge is 0.465 e. The molecule has 0 aliphatic rings. The van der Waals surface area contributed by atoms with Gasteiger partial charge in [-0.1, -0.05) is 23.3 Å². The molecule has 0 unspecified atom stereocenters. The van der Waals surface area contributed by atoms with Crippen molar-refractivity contribution in [2.24, 2.45) is 0 Å². The summed E-state index contributed by atoms with van der Waals surface area (Å²) in [5.74, 6) is -1.15. The maximum absolute atomic E-state index is 12.3. The molecule has 0 saturated heterocycles. The van der Waals surface area contributed by atoms with Gasteiger partial charge in [0.2, 0.25) is 5.89 Å². The normalized spacial score (nSPS) is 11.1. The van der Waals surface area contributed by atoms with Crippen LogP contribution in [0.5, 0.6) is 0 Å². The van der Waals surface area contributed by atoms with E-state index in [0.717, 1.165) is 0 Å². The molecule has 0 bridgehead atoms. The van der Waals surface area contributed by atoms with Crippen molar-refractivity contribution in [3.63, 3.8) is 0 Å². The number of methoxy groups -OCH3 is 1.